The van der Waals surface area contributed by atoms with Crippen molar-refractivity contribution in [3.05, 3.63) is 34.4 Å². The molecule has 1 aliphatic rings. The summed E-state index contributed by atoms with van der Waals surface area (Å²) < 4.78 is 11.0. The van der Waals surface area contributed by atoms with Gasteiger partial charge in [0.05, 0.1) is 24.2 Å². The van der Waals surface area contributed by atoms with Crippen LogP contribution < -0.4 is 4.74 Å². The zero-order valence-electron chi connectivity index (χ0n) is 13.1. The number of ether oxygens (including phenoxy) is 2. The average Bonchev–Trinajstić information content (AvgIpc) is 2.52. The van der Waals surface area contributed by atoms with E-state index in [-0.39, 0.29) is 5.69 Å². The first-order valence-electron chi connectivity index (χ1n) is 7.82. The minimum Gasteiger partial charge on any atom is -0.491 e. The van der Waals surface area contributed by atoms with E-state index in [0.717, 1.165) is 25.6 Å². The second-order valence-corrected chi connectivity index (χ2v) is 5.74. The maximum Gasteiger partial charge on any atom is 0.273 e. The van der Waals surface area contributed by atoms with Gasteiger partial charge in [0.1, 0.15) is 12.4 Å². The van der Waals surface area contributed by atoms with Crippen molar-refractivity contribution >= 4 is 5.69 Å². The molecule has 1 saturated heterocycles. The molecule has 6 nitrogen and oxygen atoms in total. The molecule has 0 aliphatic carbocycles. The number of hydrogen-bond acceptors (Lipinski definition) is 5. The van der Waals surface area contributed by atoms with Crippen LogP contribution in [-0.4, -0.2) is 49.3 Å². The van der Waals surface area contributed by atoms with Crippen LogP contribution in [0.1, 0.15) is 19.8 Å². The van der Waals surface area contributed by atoms with Crippen LogP contribution in [0.25, 0.3) is 0 Å². The molecule has 0 radical (unpaired) electrons. The topological polar surface area (TPSA) is 64.8 Å². The van der Waals surface area contributed by atoms with Crippen molar-refractivity contribution in [3.63, 3.8) is 0 Å². The Labute approximate surface area is 131 Å². The Morgan fingerprint density at radius 2 is 2.05 bits per heavy atom. The van der Waals surface area contributed by atoms with E-state index < -0.39 is 4.92 Å². The molecule has 22 heavy (non-hydrogen) atoms. The molecule has 0 bridgehead atoms. The summed E-state index contributed by atoms with van der Waals surface area (Å²) in [5.74, 6) is 1.35. The first-order valence-corrected chi connectivity index (χ1v) is 7.82. The average molecular weight is 308 g/mol. The molecular formula is C16H24N2O4. The Morgan fingerprint density at radius 1 is 1.27 bits per heavy atom. The van der Waals surface area contributed by atoms with E-state index in [2.05, 4.69) is 11.8 Å². The lowest BCUT2D eigenvalue weighted by Crippen LogP contribution is -2.35. The number of likely N-dealkylation sites (tertiary alicyclic amines) is 1. The zero-order chi connectivity index (χ0) is 15.8. The molecule has 1 aromatic rings. The van der Waals surface area contributed by atoms with Gasteiger partial charge in [-0.1, -0.05) is 13.0 Å². The van der Waals surface area contributed by atoms with E-state index in [1.54, 1.807) is 12.1 Å². The molecule has 0 saturated carbocycles. The minimum absolute atomic E-state index is 0.0396. The quantitative estimate of drug-likeness (QED) is 0.420. The van der Waals surface area contributed by atoms with E-state index >= 15 is 0 Å². The second kappa shape index (κ2) is 8.70. The molecule has 122 valence electrons. The molecule has 0 amide bonds. The Balaban J connectivity index is 1.56. The molecule has 1 aromatic carbocycles. The van der Waals surface area contributed by atoms with Crippen molar-refractivity contribution in [2.75, 3.05) is 39.5 Å². The van der Waals surface area contributed by atoms with Gasteiger partial charge in [0.25, 0.3) is 5.69 Å². The first-order chi connectivity index (χ1) is 10.6. The molecule has 0 spiro atoms. The summed E-state index contributed by atoms with van der Waals surface area (Å²) >= 11 is 0. The smallest absolute Gasteiger partial charge is 0.273 e. The Hall–Kier alpha value is -1.66. The van der Waals surface area contributed by atoms with Gasteiger partial charge in [0.15, 0.2) is 0 Å². The predicted molar refractivity (Wildman–Crippen MR) is 84.2 cm³/mol. The van der Waals surface area contributed by atoms with Crippen LogP contribution in [0.15, 0.2) is 24.3 Å². The maximum atomic E-state index is 10.7. The Kier molecular flexibility index (Phi) is 6.61. The van der Waals surface area contributed by atoms with Crippen molar-refractivity contribution in [2.24, 2.45) is 5.92 Å². The monoisotopic (exact) mass is 308 g/mol. The van der Waals surface area contributed by atoms with Crippen molar-refractivity contribution < 1.29 is 14.4 Å². The number of piperidine rings is 1. The fourth-order valence-corrected chi connectivity index (χ4v) is 2.49. The number of nitro groups is 1. The van der Waals surface area contributed by atoms with Gasteiger partial charge in [-0.3, -0.25) is 10.1 Å². The van der Waals surface area contributed by atoms with Crippen LogP contribution in [0, 0.1) is 16.0 Å². The standard InChI is InChI=1S/C16H24N2O4/c1-14-5-7-17(8-6-14)9-10-21-11-12-22-16-4-2-3-15(13-16)18(19)20/h2-4,13-14H,5-12H2,1H3. The van der Waals surface area contributed by atoms with E-state index in [9.17, 15) is 10.1 Å². The van der Waals surface area contributed by atoms with Crippen molar-refractivity contribution in [1.82, 2.24) is 4.90 Å². The Bertz CT molecular complexity index is 473. The van der Waals surface area contributed by atoms with Crippen LogP contribution in [0.2, 0.25) is 0 Å². The third-order valence-electron chi connectivity index (χ3n) is 3.95. The highest BCUT2D eigenvalue weighted by Crippen LogP contribution is 2.19. The fraction of sp³-hybridized carbons (Fsp3) is 0.625. The number of hydrogen-bond donors (Lipinski definition) is 0. The highest BCUT2D eigenvalue weighted by molar-refractivity contribution is 5.37. The first kappa shape index (κ1) is 16.7. The van der Waals surface area contributed by atoms with Gasteiger partial charge < -0.3 is 14.4 Å². The summed E-state index contributed by atoms with van der Waals surface area (Å²) in [7, 11) is 0. The molecule has 2 rings (SSSR count). The van der Waals surface area contributed by atoms with Crippen molar-refractivity contribution in [3.8, 4) is 5.75 Å². The van der Waals surface area contributed by atoms with Gasteiger partial charge in [-0.2, -0.15) is 0 Å². The van der Waals surface area contributed by atoms with Crippen molar-refractivity contribution in [2.45, 2.75) is 19.8 Å². The molecule has 6 heteroatoms. The highest BCUT2D eigenvalue weighted by atomic mass is 16.6. The van der Waals surface area contributed by atoms with Gasteiger partial charge >= 0.3 is 0 Å². The number of rotatable bonds is 8. The minimum atomic E-state index is -0.428. The fourth-order valence-electron chi connectivity index (χ4n) is 2.49. The lowest BCUT2D eigenvalue weighted by Gasteiger charge is -2.29. The van der Waals surface area contributed by atoms with E-state index in [1.165, 1.54) is 25.0 Å². The summed E-state index contributed by atoms with van der Waals surface area (Å²) in [4.78, 5) is 12.7. The molecular weight excluding hydrogens is 284 g/mol. The predicted octanol–water partition coefficient (Wildman–Crippen LogP) is 2.72. The third kappa shape index (κ3) is 5.61. The zero-order valence-corrected chi connectivity index (χ0v) is 13.1. The van der Waals surface area contributed by atoms with E-state index in [1.807, 2.05) is 0 Å². The summed E-state index contributed by atoms with van der Waals surface area (Å²) in [6, 6.07) is 6.20. The van der Waals surface area contributed by atoms with Gasteiger partial charge in [-0.05, 0) is 37.9 Å². The molecule has 0 N–H and O–H groups in total. The van der Waals surface area contributed by atoms with Gasteiger partial charge in [-0.25, -0.2) is 0 Å². The summed E-state index contributed by atoms with van der Waals surface area (Å²) in [5.41, 5.74) is 0.0396. The highest BCUT2D eigenvalue weighted by Gasteiger charge is 2.14. The van der Waals surface area contributed by atoms with Crippen molar-refractivity contribution in [1.29, 1.82) is 0 Å². The molecule has 1 fully saturated rings. The van der Waals surface area contributed by atoms with Gasteiger partial charge in [0.2, 0.25) is 0 Å². The number of benzene rings is 1. The molecule has 0 unspecified atom stereocenters. The van der Waals surface area contributed by atoms with Gasteiger partial charge in [-0.15, -0.1) is 0 Å². The van der Waals surface area contributed by atoms with Crippen LogP contribution in [0.3, 0.4) is 0 Å². The number of nitro benzene ring substituents is 1. The second-order valence-electron chi connectivity index (χ2n) is 5.74. The number of nitrogens with zero attached hydrogens (tertiary/aromatic N) is 2. The molecule has 1 aliphatic heterocycles. The van der Waals surface area contributed by atoms with Crippen LogP contribution in [0.5, 0.6) is 5.75 Å². The van der Waals surface area contributed by atoms with E-state index in [0.29, 0.717) is 25.6 Å². The lowest BCUT2D eigenvalue weighted by atomic mass is 9.99. The van der Waals surface area contributed by atoms with E-state index in [4.69, 9.17) is 9.47 Å². The normalized spacial score (nSPS) is 16.6. The summed E-state index contributed by atoms with van der Waals surface area (Å²) in [6.07, 6.45) is 2.55. The largest absolute Gasteiger partial charge is 0.491 e. The summed E-state index contributed by atoms with van der Waals surface area (Å²) in [6.45, 7) is 7.18. The SMILES string of the molecule is CC1CCN(CCOCCOc2cccc([N+](=O)[O-])c2)CC1. The molecule has 0 atom stereocenters. The van der Waals surface area contributed by atoms with Crippen LogP contribution in [-0.2, 0) is 4.74 Å². The van der Waals surface area contributed by atoms with Gasteiger partial charge in [0, 0.05) is 12.6 Å². The van der Waals surface area contributed by atoms with Crippen LogP contribution in [0.4, 0.5) is 5.69 Å². The van der Waals surface area contributed by atoms with Crippen LogP contribution >= 0.6 is 0 Å². The molecule has 1 heterocycles. The summed E-state index contributed by atoms with van der Waals surface area (Å²) in [5, 5.41) is 10.7. The Morgan fingerprint density at radius 3 is 2.77 bits per heavy atom. The third-order valence-corrected chi connectivity index (χ3v) is 3.95. The molecule has 0 aromatic heterocycles. The lowest BCUT2D eigenvalue weighted by molar-refractivity contribution is -0.384. The maximum absolute atomic E-state index is 10.7. The number of non-ortho nitro benzene ring substituents is 1.